The molecule has 7 nitrogen and oxygen atoms in total. The molecule has 0 aliphatic carbocycles. The monoisotopic (exact) mass is 460 g/mol. The number of thioether (sulfide) groups is 2. The molecular formula is C21H32O7S2. The van der Waals surface area contributed by atoms with Crippen molar-refractivity contribution in [2.24, 2.45) is 0 Å². The third kappa shape index (κ3) is 8.28. The van der Waals surface area contributed by atoms with E-state index in [4.69, 9.17) is 28.4 Å². The lowest BCUT2D eigenvalue weighted by Gasteiger charge is -2.10. The molecular weight excluding hydrogens is 428 g/mol. The third-order valence-corrected chi connectivity index (χ3v) is 6.47. The number of methoxy groups -OCH3 is 2. The Morgan fingerprint density at radius 3 is 1.97 bits per heavy atom. The minimum atomic E-state index is -0.122. The SMILES string of the molecule is COc1c2cc(OC)c(=O)c(c1C)SCCOCCOCCOCCOCCSC2. The van der Waals surface area contributed by atoms with Crippen LogP contribution in [0, 0.1) is 6.92 Å². The van der Waals surface area contributed by atoms with Gasteiger partial charge in [0.15, 0.2) is 5.75 Å². The minimum Gasteiger partial charge on any atom is -0.496 e. The second-order valence-electron chi connectivity index (χ2n) is 6.40. The minimum absolute atomic E-state index is 0.122. The Morgan fingerprint density at radius 1 is 0.833 bits per heavy atom. The summed E-state index contributed by atoms with van der Waals surface area (Å²) in [6.07, 6.45) is 0. The third-order valence-electron chi connectivity index (χ3n) is 4.35. The lowest BCUT2D eigenvalue weighted by atomic mass is 10.2. The van der Waals surface area contributed by atoms with Gasteiger partial charge in [-0.05, 0) is 13.0 Å². The van der Waals surface area contributed by atoms with Gasteiger partial charge >= 0.3 is 0 Å². The van der Waals surface area contributed by atoms with Crippen LogP contribution in [0.1, 0.15) is 11.1 Å². The van der Waals surface area contributed by atoms with Gasteiger partial charge in [-0.25, -0.2) is 0 Å². The fourth-order valence-electron chi connectivity index (χ4n) is 2.90. The standard InChI is InChI=1S/C21H32O7S2/c1-16-20(24-3)17-14-18(23-2)19(22)21(16)30-13-11-28-9-7-26-5-4-25-6-8-27-10-12-29-15-17/h14H,4-13,15H2,1-3H3. The van der Waals surface area contributed by atoms with Gasteiger partial charge in [-0.15, -0.1) is 11.8 Å². The van der Waals surface area contributed by atoms with Gasteiger partial charge in [0.2, 0.25) is 5.43 Å². The largest absolute Gasteiger partial charge is 0.496 e. The van der Waals surface area contributed by atoms with E-state index in [2.05, 4.69) is 0 Å². The van der Waals surface area contributed by atoms with E-state index < -0.39 is 0 Å². The van der Waals surface area contributed by atoms with Crippen LogP contribution >= 0.6 is 23.5 Å². The van der Waals surface area contributed by atoms with E-state index in [1.165, 1.54) is 18.9 Å². The van der Waals surface area contributed by atoms with Crippen molar-refractivity contribution in [3.8, 4) is 11.5 Å². The van der Waals surface area contributed by atoms with E-state index in [1.54, 1.807) is 24.9 Å². The van der Waals surface area contributed by atoms with Crippen molar-refractivity contribution in [3.63, 3.8) is 0 Å². The van der Waals surface area contributed by atoms with Crippen molar-refractivity contribution in [2.45, 2.75) is 17.6 Å². The molecule has 0 atom stereocenters. The Kier molecular flexibility index (Phi) is 12.6. The smallest absolute Gasteiger partial charge is 0.234 e. The van der Waals surface area contributed by atoms with Gasteiger partial charge < -0.3 is 28.4 Å². The van der Waals surface area contributed by atoms with Crippen LogP contribution in [0.2, 0.25) is 0 Å². The molecule has 1 aromatic rings. The molecule has 0 N–H and O–H groups in total. The maximum Gasteiger partial charge on any atom is 0.234 e. The molecule has 1 aliphatic heterocycles. The molecule has 0 radical (unpaired) electrons. The lowest BCUT2D eigenvalue weighted by Crippen LogP contribution is -2.13. The summed E-state index contributed by atoms with van der Waals surface area (Å²) in [4.78, 5) is 13.6. The second-order valence-corrected chi connectivity index (χ2v) is 8.62. The van der Waals surface area contributed by atoms with Crippen molar-refractivity contribution < 1.29 is 28.4 Å². The van der Waals surface area contributed by atoms with Crippen LogP contribution in [0.5, 0.6) is 11.5 Å². The van der Waals surface area contributed by atoms with Gasteiger partial charge in [-0.3, -0.25) is 4.79 Å². The zero-order valence-electron chi connectivity index (χ0n) is 18.0. The molecule has 9 heteroatoms. The maximum atomic E-state index is 13.0. The Bertz CT molecular complexity index is 700. The zero-order valence-corrected chi connectivity index (χ0v) is 19.7. The van der Waals surface area contributed by atoms with Gasteiger partial charge in [0.05, 0.1) is 72.0 Å². The predicted molar refractivity (Wildman–Crippen MR) is 121 cm³/mol. The zero-order chi connectivity index (χ0) is 21.6. The van der Waals surface area contributed by atoms with Crippen LogP contribution in [-0.2, 0) is 24.7 Å². The first kappa shape index (κ1) is 25.3. The van der Waals surface area contributed by atoms with Crippen molar-refractivity contribution in [1.29, 1.82) is 0 Å². The molecule has 0 spiro atoms. The van der Waals surface area contributed by atoms with Crippen LogP contribution < -0.4 is 14.9 Å². The summed E-state index contributed by atoms with van der Waals surface area (Å²) in [6.45, 7) is 6.28. The molecule has 0 amide bonds. The highest BCUT2D eigenvalue weighted by molar-refractivity contribution is 7.99. The molecule has 30 heavy (non-hydrogen) atoms. The molecule has 0 saturated carbocycles. The molecule has 0 unspecified atom stereocenters. The van der Waals surface area contributed by atoms with E-state index in [-0.39, 0.29) is 5.43 Å². The molecule has 1 aromatic carbocycles. The number of rotatable bonds is 2. The van der Waals surface area contributed by atoms with Crippen molar-refractivity contribution in [1.82, 2.24) is 0 Å². The van der Waals surface area contributed by atoms with Crippen molar-refractivity contribution in [3.05, 3.63) is 27.4 Å². The molecule has 1 aliphatic rings. The molecule has 0 fully saturated rings. The summed E-state index contributed by atoms with van der Waals surface area (Å²) < 4.78 is 33.3. The summed E-state index contributed by atoms with van der Waals surface area (Å²) >= 11 is 3.18. The maximum absolute atomic E-state index is 13.0. The Labute approximate surface area is 187 Å². The Hall–Kier alpha value is -0.970. The first-order valence-electron chi connectivity index (χ1n) is 9.99. The fourth-order valence-corrected chi connectivity index (χ4v) is 4.66. The van der Waals surface area contributed by atoms with E-state index in [0.717, 1.165) is 22.6 Å². The average Bonchev–Trinajstić information content (AvgIpc) is 2.84. The summed E-state index contributed by atoms with van der Waals surface area (Å²) in [5.41, 5.74) is 1.64. The summed E-state index contributed by atoms with van der Waals surface area (Å²) in [6, 6.07) is 1.79. The Morgan fingerprint density at radius 2 is 1.40 bits per heavy atom. The first-order chi connectivity index (χ1) is 14.7. The highest BCUT2D eigenvalue weighted by Gasteiger charge is 2.17. The normalized spacial score (nSPS) is 18.4. The lowest BCUT2D eigenvalue weighted by molar-refractivity contribution is 0.00146. The predicted octanol–water partition coefficient (Wildman–Crippen LogP) is 2.78. The summed E-state index contributed by atoms with van der Waals surface area (Å²) in [7, 11) is 3.16. The van der Waals surface area contributed by atoms with Gasteiger partial charge in [0.1, 0.15) is 5.75 Å². The van der Waals surface area contributed by atoms with Crippen LogP contribution in [0.25, 0.3) is 0 Å². The first-order valence-corrected chi connectivity index (χ1v) is 12.1. The van der Waals surface area contributed by atoms with Crippen LogP contribution in [-0.4, -0.2) is 78.6 Å². The van der Waals surface area contributed by atoms with E-state index >= 15 is 0 Å². The summed E-state index contributed by atoms with van der Waals surface area (Å²) in [5.74, 6) is 3.22. The van der Waals surface area contributed by atoms with Crippen LogP contribution in [0.4, 0.5) is 0 Å². The fraction of sp³-hybridized carbons (Fsp3) is 0.667. The molecule has 2 bridgehead atoms. The van der Waals surface area contributed by atoms with Crippen LogP contribution in [0.3, 0.4) is 0 Å². The average molecular weight is 461 g/mol. The van der Waals surface area contributed by atoms with E-state index in [1.807, 2.05) is 6.92 Å². The molecule has 0 aromatic heterocycles. The van der Waals surface area contributed by atoms with Gasteiger partial charge in [-0.2, -0.15) is 11.8 Å². The molecule has 0 saturated heterocycles. The Balaban J connectivity index is 2.19. The highest BCUT2D eigenvalue weighted by Crippen LogP contribution is 2.33. The second kappa shape index (κ2) is 14.9. The number of hydrogen-bond donors (Lipinski definition) is 0. The number of fused-ring (bicyclic) bond motifs is 3. The summed E-state index contributed by atoms with van der Waals surface area (Å²) in [5, 5.41) is 0. The molecule has 1 heterocycles. The van der Waals surface area contributed by atoms with Crippen molar-refractivity contribution in [2.75, 3.05) is 78.6 Å². The topological polar surface area (TPSA) is 72.5 Å². The van der Waals surface area contributed by atoms with Gasteiger partial charge in [0, 0.05) is 28.4 Å². The number of ether oxygens (including phenoxy) is 6. The van der Waals surface area contributed by atoms with E-state index in [0.29, 0.717) is 75.0 Å². The molecule has 170 valence electrons. The van der Waals surface area contributed by atoms with E-state index in [9.17, 15) is 4.79 Å². The quantitative estimate of drug-likeness (QED) is 0.662. The van der Waals surface area contributed by atoms with Crippen molar-refractivity contribution >= 4 is 23.5 Å². The number of hydrogen-bond acceptors (Lipinski definition) is 9. The van der Waals surface area contributed by atoms with Gasteiger partial charge in [-0.1, -0.05) is 0 Å². The highest BCUT2D eigenvalue weighted by atomic mass is 32.2. The van der Waals surface area contributed by atoms with Gasteiger partial charge in [0.25, 0.3) is 0 Å². The van der Waals surface area contributed by atoms with Crippen LogP contribution in [0.15, 0.2) is 15.8 Å². The molecule has 2 rings (SSSR count).